The van der Waals surface area contributed by atoms with Gasteiger partial charge in [0, 0.05) is 25.4 Å². The van der Waals surface area contributed by atoms with E-state index in [1.807, 2.05) is 4.90 Å². The Bertz CT molecular complexity index is 837. The first-order valence-electron chi connectivity index (χ1n) is 8.99. The van der Waals surface area contributed by atoms with Gasteiger partial charge in [-0.25, -0.2) is 15.0 Å². The maximum atomic E-state index is 12.1. The number of anilines is 2. The fourth-order valence-electron chi connectivity index (χ4n) is 3.69. The first-order valence-corrected chi connectivity index (χ1v) is 8.99. The molecule has 142 valence electrons. The highest BCUT2D eigenvalue weighted by atomic mass is 16.2. The molecule has 3 heterocycles. The number of primary amides is 1. The van der Waals surface area contributed by atoms with Gasteiger partial charge in [0.05, 0.1) is 11.9 Å². The summed E-state index contributed by atoms with van der Waals surface area (Å²) < 4.78 is 0. The van der Waals surface area contributed by atoms with Crippen LogP contribution in [0.2, 0.25) is 0 Å². The number of carbonyl (C=O) groups is 2. The highest BCUT2D eigenvalue weighted by molar-refractivity contribution is 5.95. The van der Waals surface area contributed by atoms with Crippen molar-refractivity contribution in [2.24, 2.45) is 17.6 Å². The molecule has 8 nitrogen and oxygen atoms in total. The second-order valence-corrected chi connectivity index (χ2v) is 7.07. The van der Waals surface area contributed by atoms with E-state index < -0.39 is 5.91 Å². The van der Waals surface area contributed by atoms with Crippen LogP contribution in [0, 0.1) is 11.8 Å². The molecule has 2 atom stereocenters. The molecular weight excluding hydrogens is 344 g/mol. The monoisotopic (exact) mass is 368 g/mol. The van der Waals surface area contributed by atoms with Gasteiger partial charge in [-0.05, 0) is 48.8 Å². The van der Waals surface area contributed by atoms with Crippen LogP contribution in [0.15, 0.2) is 30.7 Å². The topological polar surface area (TPSA) is 128 Å². The van der Waals surface area contributed by atoms with E-state index in [4.69, 9.17) is 11.5 Å². The molecule has 8 heteroatoms. The van der Waals surface area contributed by atoms with Crippen LogP contribution in [-0.2, 0) is 11.2 Å². The van der Waals surface area contributed by atoms with Crippen molar-refractivity contribution < 1.29 is 9.59 Å². The molecule has 27 heavy (non-hydrogen) atoms. The normalized spacial score (nSPS) is 20.9. The quantitative estimate of drug-likeness (QED) is 0.828. The number of hydrogen-bond donors (Lipinski definition) is 2. The Morgan fingerprint density at radius 2 is 1.85 bits per heavy atom. The van der Waals surface area contributed by atoms with Gasteiger partial charge in [-0.15, -0.1) is 0 Å². The Balaban J connectivity index is 0.000000253. The van der Waals surface area contributed by atoms with Gasteiger partial charge in [0.25, 0.3) is 5.91 Å². The van der Waals surface area contributed by atoms with Crippen molar-refractivity contribution in [2.45, 2.75) is 39.2 Å². The van der Waals surface area contributed by atoms with Gasteiger partial charge in [-0.3, -0.25) is 9.59 Å². The second kappa shape index (κ2) is 7.69. The molecule has 4 N–H and O–H groups in total. The third kappa shape index (κ3) is 4.21. The number of amides is 2. The minimum absolute atomic E-state index is 0.0447. The largest absolute Gasteiger partial charge is 0.368 e. The number of nitrogen functional groups attached to an aromatic ring is 1. The fraction of sp³-hybridized carbons (Fsp3) is 0.421. The van der Waals surface area contributed by atoms with E-state index in [1.54, 1.807) is 37.6 Å². The van der Waals surface area contributed by atoms with Crippen LogP contribution in [0.4, 0.5) is 11.6 Å². The van der Waals surface area contributed by atoms with Crippen molar-refractivity contribution in [3.05, 3.63) is 42.0 Å². The lowest BCUT2D eigenvalue weighted by Crippen LogP contribution is -2.48. The Kier molecular flexibility index (Phi) is 5.34. The molecule has 2 aromatic rings. The predicted molar refractivity (Wildman–Crippen MR) is 102 cm³/mol. The molecular formula is C19H24N6O2. The number of nitrogens with two attached hydrogens (primary N) is 2. The van der Waals surface area contributed by atoms with Crippen LogP contribution in [0.3, 0.4) is 0 Å². The number of aromatic nitrogens is 3. The van der Waals surface area contributed by atoms with Crippen LogP contribution in [0.1, 0.15) is 42.7 Å². The molecule has 0 saturated heterocycles. The zero-order chi connectivity index (χ0) is 19.6. The Morgan fingerprint density at radius 1 is 1.19 bits per heavy atom. The standard InChI is InChI=1S/C15H19N3O2.C4H5N3/c1-8-5-11-6-12(15(16)20)17-7-13(11)18(9(2)19)14(8)10-3-4-10;5-4-6-2-1-3-7-4/h6-8,10,14H,3-5H2,1-2H3,(H2,16,20);1-3H,(H2,5,6,7)/t8-,14-;/m1./s1. The molecule has 0 radical (unpaired) electrons. The summed E-state index contributed by atoms with van der Waals surface area (Å²) in [5.74, 6) is 0.838. The van der Waals surface area contributed by atoms with Crippen molar-refractivity contribution in [1.82, 2.24) is 15.0 Å². The number of pyridine rings is 1. The molecule has 0 spiro atoms. The summed E-state index contributed by atoms with van der Waals surface area (Å²) in [5.41, 5.74) is 12.5. The van der Waals surface area contributed by atoms with E-state index in [9.17, 15) is 9.59 Å². The molecule has 1 aliphatic carbocycles. The molecule has 0 bridgehead atoms. The van der Waals surface area contributed by atoms with Gasteiger partial charge < -0.3 is 16.4 Å². The van der Waals surface area contributed by atoms with Crippen LogP contribution >= 0.6 is 0 Å². The summed E-state index contributed by atoms with van der Waals surface area (Å²) in [6.45, 7) is 3.77. The summed E-state index contributed by atoms with van der Waals surface area (Å²) in [5, 5.41) is 0. The van der Waals surface area contributed by atoms with Crippen LogP contribution in [0.5, 0.6) is 0 Å². The van der Waals surface area contributed by atoms with Gasteiger partial charge in [0.2, 0.25) is 11.9 Å². The number of carbonyl (C=O) groups excluding carboxylic acids is 2. The highest BCUT2D eigenvalue weighted by Gasteiger charge is 2.43. The summed E-state index contributed by atoms with van der Waals surface area (Å²) in [4.78, 5) is 36.6. The lowest BCUT2D eigenvalue weighted by Gasteiger charge is -2.41. The number of fused-ring (bicyclic) bond motifs is 1. The van der Waals surface area contributed by atoms with Crippen molar-refractivity contribution in [3.63, 3.8) is 0 Å². The molecule has 1 saturated carbocycles. The highest BCUT2D eigenvalue weighted by Crippen LogP contribution is 2.45. The van der Waals surface area contributed by atoms with Gasteiger partial charge in [-0.2, -0.15) is 0 Å². The first kappa shape index (κ1) is 18.8. The summed E-state index contributed by atoms with van der Waals surface area (Å²) >= 11 is 0. The molecule has 0 unspecified atom stereocenters. The SMILES string of the molecule is CC(=O)N1c2cnc(C(N)=O)cc2C[C@@H](C)[C@@H]1C1CC1.Nc1ncccn1. The molecule has 2 aromatic heterocycles. The lowest BCUT2D eigenvalue weighted by atomic mass is 9.84. The second-order valence-electron chi connectivity index (χ2n) is 7.07. The van der Waals surface area contributed by atoms with Crippen LogP contribution < -0.4 is 16.4 Å². The molecule has 2 amide bonds. The molecule has 4 rings (SSSR count). The lowest BCUT2D eigenvalue weighted by molar-refractivity contribution is -0.117. The average molecular weight is 368 g/mol. The van der Waals surface area contributed by atoms with E-state index >= 15 is 0 Å². The smallest absolute Gasteiger partial charge is 0.267 e. The summed E-state index contributed by atoms with van der Waals surface area (Å²) in [7, 11) is 0. The van der Waals surface area contributed by atoms with Crippen molar-refractivity contribution in [3.8, 4) is 0 Å². The Labute approximate surface area is 158 Å². The first-order chi connectivity index (χ1) is 12.9. The number of nitrogens with zero attached hydrogens (tertiary/aromatic N) is 4. The van der Waals surface area contributed by atoms with E-state index in [0.29, 0.717) is 17.8 Å². The molecule has 0 aromatic carbocycles. The molecule has 1 fully saturated rings. The molecule has 2 aliphatic rings. The number of hydrogen-bond acceptors (Lipinski definition) is 6. The predicted octanol–water partition coefficient (Wildman–Crippen LogP) is 1.56. The van der Waals surface area contributed by atoms with E-state index in [-0.39, 0.29) is 17.6 Å². The maximum Gasteiger partial charge on any atom is 0.267 e. The Hall–Kier alpha value is -3.03. The Morgan fingerprint density at radius 3 is 2.33 bits per heavy atom. The fourth-order valence-corrected chi connectivity index (χ4v) is 3.69. The third-order valence-corrected chi connectivity index (χ3v) is 4.93. The maximum absolute atomic E-state index is 12.1. The van der Waals surface area contributed by atoms with Gasteiger partial charge in [-0.1, -0.05) is 6.92 Å². The van der Waals surface area contributed by atoms with Crippen LogP contribution in [0.25, 0.3) is 0 Å². The van der Waals surface area contributed by atoms with E-state index in [0.717, 1.165) is 17.7 Å². The minimum atomic E-state index is -0.529. The van der Waals surface area contributed by atoms with Gasteiger partial charge >= 0.3 is 0 Å². The third-order valence-electron chi connectivity index (χ3n) is 4.93. The zero-order valence-corrected chi connectivity index (χ0v) is 15.5. The van der Waals surface area contributed by atoms with Crippen LogP contribution in [-0.4, -0.2) is 32.8 Å². The van der Waals surface area contributed by atoms with E-state index in [1.165, 1.54) is 12.8 Å². The van der Waals surface area contributed by atoms with Crippen molar-refractivity contribution >= 4 is 23.5 Å². The molecule has 1 aliphatic heterocycles. The van der Waals surface area contributed by atoms with Gasteiger partial charge in [0.15, 0.2) is 0 Å². The minimum Gasteiger partial charge on any atom is -0.368 e. The zero-order valence-electron chi connectivity index (χ0n) is 15.5. The van der Waals surface area contributed by atoms with Crippen molar-refractivity contribution in [1.29, 1.82) is 0 Å². The van der Waals surface area contributed by atoms with E-state index in [2.05, 4.69) is 21.9 Å². The van der Waals surface area contributed by atoms with Crippen molar-refractivity contribution in [2.75, 3.05) is 10.6 Å². The summed E-state index contributed by atoms with van der Waals surface area (Å²) in [6, 6.07) is 3.71. The number of rotatable bonds is 2. The van der Waals surface area contributed by atoms with Gasteiger partial charge in [0.1, 0.15) is 5.69 Å². The average Bonchev–Trinajstić information content (AvgIpc) is 3.45. The summed E-state index contributed by atoms with van der Waals surface area (Å²) in [6.07, 6.45) is 8.08.